The number of thiocarbonyl (C=S) groups is 1. The van der Waals surface area contributed by atoms with Gasteiger partial charge in [-0.1, -0.05) is 18.3 Å². The van der Waals surface area contributed by atoms with Crippen LogP contribution in [0.5, 0.6) is 0 Å². The van der Waals surface area contributed by atoms with Crippen molar-refractivity contribution in [2.75, 3.05) is 11.4 Å². The van der Waals surface area contributed by atoms with Crippen LogP contribution in [0.2, 0.25) is 0 Å². The zero-order valence-corrected chi connectivity index (χ0v) is 10.9. The third-order valence-electron chi connectivity index (χ3n) is 2.48. The molecular weight excluding hydrogens is 218 g/mol. The number of hydrogen-bond donors (Lipinski definition) is 1. The van der Waals surface area contributed by atoms with Crippen LogP contribution < -0.4 is 10.6 Å². The molecule has 0 aliphatic carbocycles. The molecule has 0 bridgehead atoms. The highest BCUT2D eigenvalue weighted by atomic mass is 32.1. The summed E-state index contributed by atoms with van der Waals surface area (Å²) in [5, 5.41) is 0. The second-order valence-corrected chi connectivity index (χ2v) is 4.67. The highest BCUT2D eigenvalue weighted by Gasteiger charge is 2.13. The van der Waals surface area contributed by atoms with Gasteiger partial charge < -0.3 is 10.6 Å². The molecule has 0 spiro atoms. The topological polar surface area (TPSA) is 42.2 Å². The number of aryl methyl sites for hydroxylation is 1. The predicted octanol–water partition coefficient (Wildman–Crippen LogP) is 2.28. The molecule has 0 aliphatic heterocycles. The van der Waals surface area contributed by atoms with Crippen LogP contribution in [0.15, 0.2) is 18.3 Å². The van der Waals surface area contributed by atoms with Crippen molar-refractivity contribution in [2.45, 2.75) is 33.2 Å². The van der Waals surface area contributed by atoms with Crippen molar-refractivity contribution in [2.24, 2.45) is 5.73 Å². The fraction of sp³-hybridized carbons (Fsp3) is 0.500. The van der Waals surface area contributed by atoms with E-state index in [4.69, 9.17) is 18.0 Å². The van der Waals surface area contributed by atoms with Crippen LogP contribution in [0.4, 0.5) is 5.82 Å². The van der Waals surface area contributed by atoms with Crippen molar-refractivity contribution >= 4 is 23.0 Å². The van der Waals surface area contributed by atoms with E-state index in [2.05, 4.69) is 36.7 Å². The summed E-state index contributed by atoms with van der Waals surface area (Å²) in [5.41, 5.74) is 6.72. The van der Waals surface area contributed by atoms with Gasteiger partial charge in [-0.15, -0.1) is 0 Å². The minimum absolute atomic E-state index is 0.392. The number of anilines is 1. The van der Waals surface area contributed by atoms with E-state index in [9.17, 15) is 0 Å². The van der Waals surface area contributed by atoms with Crippen LogP contribution >= 0.6 is 12.2 Å². The third kappa shape index (κ3) is 3.45. The summed E-state index contributed by atoms with van der Waals surface area (Å²) in [6.07, 6.45) is 2.54. The minimum Gasteiger partial charge on any atom is -0.393 e. The van der Waals surface area contributed by atoms with Crippen LogP contribution in [0, 0.1) is 6.92 Å². The van der Waals surface area contributed by atoms with E-state index in [1.165, 1.54) is 5.56 Å². The van der Waals surface area contributed by atoms with E-state index in [-0.39, 0.29) is 0 Å². The van der Waals surface area contributed by atoms with Gasteiger partial charge in [0.05, 0.1) is 4.99 Å². The number of nitrogens with zero attached hydrogens (tertiary/aromatic N) is 2. The lowest BCUT2D eigenvalue weighted by Crippen LogP contribution is -2.34. The Morgan fingerprint density at radius 2 is 2.25 bits per heavy atom. The molecule has 0 fully saturated rings. The van der Waals surface area contributed by atoms with Crippen LogP contribution in [0.25, 0.3) is 0 Å². The fourth-order valence-electron chi connectivity index (χ4n) is 1.62. The van der Waals surface area contributed by atoms with Crippen LogP contribution in [-0.2, 0) is 0 Å². The SMILES string of the molecule is Cc1cccnc1N(CCC(N)=S)C(C)C. The average Bonchev–Trinajstić information content (AvgIpc) is 2.20. The molecule has 16 heavy (non-hydrogen) atoms. The number of pyridine rings is 1. The van der Waals surface area contributed by atoms with E-state index in [1.54, 1.807) is 0 Å². The summed E-state index contributed by atoms with van der Waals surface area (Å²) in [5.74, 6) is 1.02. The maximum Gasteiger partial charge on any atom is 0.131 e. The average molecular weight is 237 g/mol. The first-order chi connectivity index (χ1) is 7.52. The molecular formula is C12H19N3S. The Kier molecular flexibility index (Phi) is 4.68. The monoisotopic (exact) mass is 237 g/mol. The molecule has 0 aliphatic rings. The van der Waals surface area contributed by atoms with Crippen molar-refractivity contribution in [3.63, 3.8) is 0 Å². The number of rotatable bonds is 5. The van der Waals surface area contributed by atoms with Gasteiger partial charge in [-0.25, -0.2) is 4.98 Å². The van der Waals surface area contributed by atoms with E-state index < -0.39 is 0 Å². The zero-order valence-electron chi connectivity index (χ0n) is 10.1. The van der Waals surface area contributed by atoms with Gasteiger partial charge in [-0.05, 0) is 32.4 Å². The van der Waals surface area contributed by atoms with Gasteiger partial charge in [0.15, 0.2) is 0 Å². The highest BCUT2D eigenvalue weighted by Crippen LogP contribution is 2.18. The molecule has 0 atom stereocenters. The first kappa shape index (κ1) is 12.9. The third-order valence-corrected chi connectivity index (χ3v) is 2.68. The van der Waals surface area contributed by atoms with Gasteiger partial charge in [0.2, 0.25) is 0 Å². The summed E-state index contributed by atoms with van der Waals surface area (Å²) in [4.78, 5) is 7.21. The number of hydrogen-bond acceptors (Lipinski definition) is 3. The molecule has 1 heterocycles. The standard InChI is InChI=1S/C12H19N3S/c1-9(2)15(8-6-11(13)16)12-10(3)5-4-7-14-12/h4-5,7,9H,6,8H2,1-3H3,(H2,13,16). The van der Waals surface area contributed by atoms with Gasteiger partial charge in [0.1, 0.15) is 5.82 Å². The molecule has 0 aromatic carbocycles. The first-order valence-corrected chi connectivity index (χ1v) is 5.89. The Balaban J connectivity index is 2.85. The smallest absolute Gasteiger partial charge is 0.131 e. The number of aromatic nitrogens is 1. The molecule has 4 heteroatoms. The molecule has 0 radical (unpaired) electrons. The lowest BCUT2D eigenvalue weighted by Gasteiger charge is -2.29. The molecule has 0 saturated carbocycles. The van der Waals surface area contributed by atoms with Gasteiger partial charge in [-0.2, -0.15) is 0 Å². The minimum atomic E-state index is 0.392. The van der Waals surface area contributed by atoms with E-state index in [1.807, 2.05) is 12.3 Å². The summed E-state index contributed by atoms with van der Waals surface area (Å²) >= 11 is 4.91. The molecule has 2 N–H and O–H groups in total. The maximum atomic E-state index is 5.54. The lowest BCUT2D eigenvalue weighted by molar-refractivity contribution is 0.678. The molecule has 88 valence electrons. The zero-order chi connectivity index (χ0) is 12.1. The lowest BCUT2D eigenvalue weighted by atomic mass is 10.2. The number of nitrogens with two attached hydrogens (primary N) is 1. The van der Waals surface area contributed by atoms with E-state index in [0.29, 0.717) is 11.0 Å². The summed E-state index contributed by atoms with van der Waals surface area (Å²) < 4.78 is 0. The van der Waals surface area contributed by atoms with Gasteiger partial charge in [0.25, 0.3) is 0 Å². The van der Waals surface area contributed by atoms with Crippen molar-refractivity contribution in [3.8, 4) is 0 Å². The second-order valence-electron chi connectivity index (χ2n) is 4.15. The predicted molar refractivity (Wildman–Crippen MR) is 72.9 cm³/mol. The molecule has 0 unspecified atom stereocenters. The maximum absolute atomic E-state index is 5.54. The Hall–Kier alpha value is -1.16. The molecule has 0 saturated heterocycles. The van der Waals surface area contributed by atoms with E-state index >= 15 is 0 Å². The van der Waals surface area contributed by atoms with Crippen molar-refractivity contribution in [1.82, 2.24) is 4.98 Å². The van der Waals surface area contributed by atoms with Gasteiger partial charge >= 0.3 is 0 Å². The summed E-state index contributed by atoms with van der Waals surface area (Å²) in [6, 6.07) is 4.41. The molecule has 0 amide bonds. The normalized spacial score (nSPS) is 10.5. The van der Waals surface area contributed by atoms with Gasteiger partial charge in [0, 0.05) is 25.2 Å². The van der Waals surface area contributed by atoms with Crippen LogP contribution in [-0.4, -0.2) is 22.6 Å². The molecule has 1 aromatic rings. The van der Waals surface area contributed by atoms with Crippen LogP contribution in [0.1, 0.15) is 25.8 Å². The Morgan fingerprint density at radius 1 is 1.56 bits per heavy atom. The van der Waals surface area contributed by atoms with Gasteiger partial charge in [-0.3, -0.25) is 0 Å². The highest BCUT2D eigenvalue weighted by molar-refractivity contribution is 7.80. The first-order valence-electron chi connectivity index (χ1n) is 5.49. The molecule has 3 nitrogen and oxygen atoms in total. The van der Waals surface area contributed by atoms with Crippen molar-refractivity contribution in [1.29, 1.82) is 0 Å². The Morgan fingerprint density at radius 3 is 2.75 bits per heavy atom. The largest absolute Gasteiger partial charge is 0.393 e. The van der Waals surface area contributed by atoms with E-state index in [0.717, 1.165) is 18.8 Å². The summed E-state index contributed by atoms with van der Waals surface area (Å²) in [7, 11) is 0. The fourth-order valence-corrected chi connectivity index (χ4v) is 1.71. The Bertz CT molecular complexity index is 363. The summed E-state index contributed by atoms with van der Waals surface area (Å²) in [6.45, 7) is 7.19. The Labute approximate surface area is 103 Å². The quantitative estimate of drug-likeness (QED) is 0.798. The molecule has 1 aromatic heterocycles. The molecule has 1 rings (SSSR count). The van der Waals surface area contributed by atoms with Crippen LogP contribution in [0.3, 0.4) is 0 Å². The van der Waals surface area contributed by atoms with Crippen molar-refractivity contribution in [3.05, 3.63) is 23.9 Å². The second kappa shape index (κ2) is 5.80. The van der Waals surface area contributed by atoms with Crippen molar-refractivity contribution < 1.29 is 0 Å².